The van der Waals surface area contributed by atoms with Gasteiger partial charge >= 0.3 is 6.09 Å². The Balaban J connectivity index is 2.81. The van der Waals surface area contributed by atoms with Crippen LogP contribution in [0.4, 0.5) is 4.79 Å². The lowest BCUT2D eigenvalue weighted by atomic mass is 10.1. The summed E-state index contributed by atoms with van der Waals surface area (Å²) in [7, 11) is 0. The highest BCUT2D eigenvalue weighted by Crippen LogP contribution is 2.22. The first-order valence-corrected chi connectivity index (χ1v) is 5.93. The minimum Gasteiger partial charge on any atom is -0.443 e. The highest BCUT2D eigenvalue weighted by Gasteiger charge is 2.41. The van der Waals surface area contributed by atoms with Crippen LogP contribution in [0.5, 0.6) is 0 Å². The lowest BCUT2D eigenvalue weighted by Gasteiger charge is -2.26. The highest BCUT2D eigenvalue weighted by molar-refractivity contribution is 6.28. The van der Waals surface area contributed by atoms with E-state index in [1.807, 2.05) is 0 Å². The molecule has 0 aliphatic carbocycles. The number of imide groups is 1. The molecule has 1 aliphatic heterocycles. The van der Waals surface area contributed by atoms with E-state index in [2.05, 4.69) is 0 Å². The van der Waals surface area contributed by atoms with Gasteiger partial charge in [-0.15, -0.1) is 11.6 Å². The number of alkyl halides is 1. The van der Waals surface area contributed by atoms with Gasteiger partial charge in [-0.25, -0.2) is 9.69 Å². The molecule has 1 saturated heterocycles. The summed E-state index contributed by atoms with van der Waals surface area (Å²) in [6.45, 7) is 5.09. The number of halogens is 1. The number of carbonyl (C=O) groups is 3. The van der Waals surface area contributed by atoms with Crippen molar-refractivity contribution in [1.82, 2.24) is 4.90 Å². The molecule has 17 heavy (non-hydrogen) atoms. The molecule has 0 aromatic heterocycles. The zero-order valence-electron chi connectivity index (χ0n) is 10.2. The van der Waals surface area contributed by atoms with Crippen LogP contribution in [0.3, 0.4) is 0 Å². The Morgan fingerprint density at radius 3 is 2.53 bits per heavy atom. The monoisotopic (exact) mass is 261 g/mol. The van der Waals surface area contributed by atoms with E-state index < -0.39 is 17.7 Å². The normalized spacial score (nSPS) is 20.6. The molecule has 0 aromatic rings. The summed E-state index contributed by atoms with van der Waals surface area (Å²) in [6.07, 6.45) is -0.278. The van der Waals surface area contributed by atoms with Gasteiger partial charge in [0.25, 0.3) is 0 Å². The van der Waals surface area contributed by atoms with E-state index in [4.69, 9.17) is 16.3 Å². The van der Waals surface area contributed by atoms with Crippen molar-refractivity contribution in [2.24, 2.45) is 0 Å². The van der Waals surface area contributed by atoms with Crippen LogP contribution in [0.2, 0.25) is 0 Å². The molecule has 96 valence electrons. The number of hydrogen-bond donors (Lipinski definition) is 0. The molecule has 0 aromatic carbocycles. The van der Waals surface area contributed by atoms with Crippen molar-refractivity contribution in [3.05, 3.63) is 0 Å². The fraction of sp³-hybridized carbons (Fsp3) is 0.727. The minimum atomic E-state index is -0.775. The van der Waals surface area contributed by atoms with Crippen LogP contribution >= 0.6 is 11.6 Å². The molecule has 0 saturated carbocycles. The number of Topliss-reactive ketones (excluding diaryl/α,β-unsaturated/α-hetero) is 1. The number of carbonyl (C=O) groups excluding carboxylic acids is 3. The Morgan fingerprint density at radius 1 is 1.47 bits per heavy atom. The van der Waals surface area contributed by atoms with Crippen LogP contribution in [0.1, 0.15) is 33.6 Å². The summed E-state index contributed by atoms with van der Waals surface area (Å²) in [4.78, 5) is 35.7. The van der Waals surface area contributed by atoms with Crippen molar-refractivity contribution in [2.75, 3.05) is 5.88 Å². The van der Waals surface area contributed by atoms with Crippen molar-refractivity contribution in [3.8, 4) is 0 Å². The van der Waals surface area contributed by atoms with Crippen LogP contribution in [0, 0.1) is 0 Å². The summed E-state index contributed by atoms with van der Waals surface area (Å²) in [6, 6.07) is -0.769. The molecule has 0 unspecified atom stereocenters. The molecule has 1 rings (SSSR count). The topological polar surface area (TPSA) is 63.7 Å². The largest absolute Gasteiger partial charge is 0.443 e. The van der Waals surface area contributed by atoms with E-state index in [0.717, 1.165) is 4.90 Å². The van der Waals surface area contributed by atoms with Gasteiger partial charge in [-0.05, 0) is 27.2 Å². The van der Waals surface area contributed by atoms with E-state index in [-0.39, 0.29) is 24.0 Å². The maximum absolute atomic E-state index is 11.8. The summed E-state index contributed by atoms with van der Waals surface area (Å²) in [5, 5.41) is 0. The number of amides is 2. The van der Waals surface area contributed by atoms with E-state index in [9.17, 15) is 14.4 Å². The predicted octanol–water partition coefficient (Wildman–Crippen LogP) is 1.72. The Labute approximate surface area is 105 Å². The SMILES string of the molecule is CC(C)(C)OC(=O)N1C(=O)CC[C@@H]1C(=O)CCl. The first-order valence-electron chi connectivity index (χ1n) is 5.40. The van der Waals surface area contributed by atoms with Crippen LogP contribution in [-0.2, 0) is 14.3 Å². The molecule has 0 bridgehead atoms. The van der Waals surface area contributed by atoms with Crippen molar-refractivity contribution in [2.45, 2.75) is 45.3 Å². The number of ether oxygens (including phenoxy) is 1. The maximum atomic E-state index is 11.8. The molecule has 5 nitrogen and oxygen atoms in total. The zero-order valence-corrected chi connectivity index (χ0v) is 10.9. The second-order valence-corrected chi connectivity index (χ2v) is 5.17. The third-order valence-corrected chi connectivity index (χ3v) is 2.57. The van der Waals surface area contributed by atoms with Gasteiger partial charge in [-0.3, -0.25) is 9.59 Å². The molecular formula is C11H16ClNO4. The van der Waals surface area contributed by atoms with Crippen LogP contribution in [0.15, 0.2) is 0 Å². The molecule has 0 radical (unpaired) electrons. The third-order valence-electron chi connectivity index (χ3n) is 2.31. The van der Waals surface area contributed by atoms with Crippen LogP contribution in [-0.4, -0.2) is 40.2 Å². The minimum absolute atomic E-state index is 0.173. The van der Waals surface area contributed by atoms with Gasteiger partial charge in [0.2, 0.25) is 5.91 Å². The summed E-state index contributed by atoms with van der Waals surface area (Å²) < 4.78 is 5.09. The number of nitrogens with zero attached hydrogens (tertiary/aromatic N) is 1. The van der Waals surface area contributed by atoms with Gasteiger partial charge in [0, 0.05) is 6.42 Å². The molecule has 1 aliphatic rings. The smallest absolute Gasteiger partial charge is 0.417 e. The number of rotatable bonds is 2. The molecule has 6 heteroatoms. The summed E-state index contributed by atoms with van der Waals surface area (Å²) in [5.41, 5.74) is -0.700. The molecule has 1 fully saturated rings. The van der Waals surface area contributed by atoms with Gasteiger partial charge in [0.05, 0.1) is 5.88 Å². The Hall–Kier alpha value is -1.10. The van der Waals surface area contributed by atoms with Crippen molar-refractivity contribution >= 4 is 29.4 Å². The third kappa shape index (κ3) is 3.43. The first-order chi connectivity index (χ1) is 7.76. The molecule has 0 N–H and O–H groups in total. The standard InChI is InChI=1S/C11H16ClNO4/c1-11(2,3)17-10(16)13-7(8(14)6-12)4-5-9(13)15/h7H,4-6H2,1-3H3/t7-/m1/s1. The van der Waals surface area contributed by atoms with Crippen LogP contribution in [0.25, 0.3) is 0 Å². The quantitative estimate of drug-likeness (QED) is 0.710. The van der Waals surface area contributed by atoms with Crippen molar-refractivity contribution in [3.63, 3.8) is 0 Å². The average Bonchev–Trinajstić information content (AvgIpc) is 2.56. The van der Waals surface area contributed by atoms with Gasteiger partial charge in [-0.2, -0.15) is 0 Å². The highest BCUT2D eigenvalue weighted by atomic mass is 35.5. The van der Waals surface area contributed by atoms with Gasteiger partial charge in [0.1, 0.15) is 11.6 Å². The number of likely N-dealkylation sites (tertiary alicyclic amines) is 1. The number of hydrogen-bond acceptors (Lipinski definition) is 4. The van der Waals surface area contributed by atoms with Gasteiger partial charge in [-0.1, -0.05) is 0 Å². The average molecular weight is 262 g/mol. The predicted molar refractivity (Wildman–Crippen MR) is 61.8 cm³/mol. The van der Waals surface area contributed by atoms with Crippen LogP contribution < -0.4 is 0 Å². The van der Waals surface area contributed by atoms with Crippen molar-refractivity contribution in [1.29, 1.82) is 0 Å². The second-order valence-electron chi connectivity index (χ2n) is 4.90. The Kier molecular flexibility index (Phi) is 4.14. The summed E-state index contributed by atoms with van der Waals surface area (Å²) in [5.74, 6) is -0.928. The lowest BCUT2D eigenvalue weighted by Crippen LogP contribution is -2.45. The van der Waals surface area contributed by atoms with Gasteiger partial charge < -0.3 is 4.74 Å². The summed E-state index contributed by atoms with van der Waals surface area (Å²) >= 11 is 5.44. The van der Waals surface area contributed by atoms with Gasteiger partial charge in [0.15, 0.2) is 5.78 Å². The van der Waals surface area contributed by atoms with Crippen molar-refractivity contribution < 1.29 is 19.1 Å². The first kappa shape index (κ1) is 14.0. The van der Waals surface area contributed by atoms with E-state index >= 15 is 0 Å². The Bertz CT molecular complexity index is 348. The molecule has 1 atom stereocenters. The molecule has 1 heterocycles. The molecular weight excluding hydrogens is 246 g/mol. The Morgan fingerprint density at radius 2 is 2.06 bits per heavy atom. The van der Waals surface area contributed by atoms with E-state index in [1.54, 1.807) is 20.8 Å². The second kappa shape index (κ2) is 5.04. The zero-order chi connectivity index (χ0) is 13.2. The molecule has 0 spiro atoms. The van der Waals surface area contributed by atoms with E-state index in [1.165, 1.54) is 0 Å². The molecule has 2 amide bonds. The fourth-order valence-corrected chi connectivity index (χ4v) is 1.80. The number of ketones is 1. The van der Waals surface area contributed by atoms with E-state index in [0.29, 0.717) is 6.42 Å². The lowest BCUT2D eigenvalue weighted by molar-refractivity contribution is -0.132. The maximum Gasteiger partial charge on any atom is 0.417 e. The fourth-order valence-electron chi connectivity index (χ4n) is 1.62.